The lowest BCUT2D eigenvalue weighted by Crippen LogP contribution is -2.33. The van der Waals surface area contributed by atoms with Crippen LogP contribution in [0.5, 0.6) is 0 Å². The van der Waals surface area contributed by atoms with Gasteiger partial charge in [0.15, 0.2) is 0 Å². The summed E-state index contributed by atoms with van der Waals surface area (Å²) in [6.45, 7) is 5.82. The molecule has 3 rings (SSSR count). The summed E-state index contributed by atoms with van der Waals surface area (Å²) in [5, 5.41) is 1.27. The van der Waals surface area contributed by atoms with E-state index in [-0.39, 0.29) is 0 Å². The van der Waals surface area contributed by atoms with Gasteiger partial charge in [0.25, 0.3) is 0 Å². The van der Waals surface area contributed by atoms with Crippen molar-refractivity contribution in [3.05, 3.63) is 36.1 Å². The molecule has 1 atom stereocenters. The summed E-state index contributed by atoms with van der Waals surface area (Å²) in [6.07, 6.45) is 4.63. The molecule has 1 aromatic heterocycles. The first-order valence-corrected chi connectivity index (χ1v) is 6.50. The Morgan fingerprint density at radius 3 is 3.12 bits per heavy atom. The van der Waals surface area contributed by atoms with Crippen LogP contribution >= 0.6 is 0 Å². The van der Waals surface area contributed by atoms with E-state index in [9.17, 15) is 0 Å². The van der Waals surface area contributed by atoms with Gasteiger partial charge >= 0.3 is 0 Å². The summed E-state index contributed by atoms with van der Waals surface area (Å²) in [6, 6.07) is 8.30. The highest BCUT2D eigenvalue weighted by Crippen LogP contribution is 2.24. The van der Waals surface area contributed by atoms with Crippen LogP contribution in [0.4, 0.5) is 0 Å². The van der Waals surface area contributed by atoms with E-state index >= 15 is 0 Å². The molecule has 17 heavy (non-hydrogen) atoms. The van der Waals surface area contributed by atoms with Crippen LogP contribution in [0.2, 0.25) is 0 Å². The normalized spacial score (nSPS) is 22.1. The molecular weight excluding hydrogens is 210 g/mol. The third-order valence-corrected chi connectivity index (χ3v) is 3.70. The quantitative estimate of drug-likeness (QED) is 0.781. The fourth-order valence-electron chi connectivity index (χ4n) is 2.83. The number of likely N-dealkylation sites (tertiary alicyclic amines) is 1. The van der Waals surface area contributed by atoms with E-state index in [0.29, 0.717) is 0 Å². The van der Waals surface area contributed by atoms with E-state index in [1.165, 1.54) is 36.9 Å². The monoisotopic (exact) mass is 229 g/mol. The molecule has 1 saturated heterocycles. The van der Waals surface area contributed by atoms with Crippen LogP contribution < -0.4 is 0 Å². The smallest absolute Gasteiger partial charge is 0.134 e. The van der Waals surface area contributed by atoms with Crippen LogP contribution in [0.3, 0.4) is 0 Å². The van der Waals surface area contributed by atoms with Gasteiger partial charge in [-0.3, -0.25) is 4.90 Å². The molecule has 0 N–H and O–H groups in total. The van der Waals surface area contributed by atoms with Crippen molar-refractivity contribution < 1.29 is 4.42 Å². The van der Waals surface area contributed by atoms with E-state index in [2.05, 4.69) is 24.0 Å². The van der Waals surface area contributed by atoms with E-state index in [4.69, 9.17) is 4.42 Å². The Morgan fingerprint density at radius 1 is 1.35 bits per heavy atom. The Hall–Kier alpha value is -1.28. The first kappa shape index (κ1) is 10.8. The van der Waals surface area contributed by atoms with Crippen molar-refractivity contribution in [3.63, 3.8) is 0 Å². The highest BCUT2D eigenvalue weighted by Gasteiger charge is 2.17. The van der Waals surface area contributed by atoms with Gasteiger partial charge in [0.1, 0.15) is 5.58 Å². The summed E-state index contributed by atoms with van der Waals surface area (Å²) >= 11 is 0. The molecule has 2 nitrogen and oxygen atoms in total. The second kappa shape index (κ2) is 4.53. The van der Waals surface area contributed by atoms with Crippen LogP contribution in [-0.4, -0.2) is 18.0 Å². The van der Waals surface area contributed by atoms with Crippen molar-refractivity contribution in [2.45, 2.75) is 26.3 Å². The molecule has 0 spiro atoms. The number of piperidine rings is 1. The van der Waals surface area contributed by atoms with Gasteiger partial charge in [0, 0.05) is 24.0 Å². The first-order valence-electron chi connectivity index (χ1n) is 6.50. The molecule has 0 unspecified atom stereocenters. The molecule has 1 aromatic carbocycles. The van der Waals surface area contributed by atoms with E-state index in [1.807, 2.05) is 18.4 Å². The molecule has 0 aliphatic carbocycles. The highest BCUT2D eigenvalue weighted by atomic mass is 16.3. The Bertz CT molecular complexity index is 502. The summed E-state index contributed by atoms with van der Waals surface area (Å²) in [5.74, 6) is 0.835. The van der Waals surface area contributed by atoms with Crippen LogP contribution in [0.25, 0.3) is 11.0 Å². The largest absolute Gasteiger partial charge is 0.464 e. The molecule has 90 valence electrons. The van der Waals surface area contributed by atoms with Gasteiger partial charge in [0.05, 0.1) is 6.26 Å². The van der Waals surface area contributed by atoms with Crippen molar-refractivity contribution in [3.8, 4) is 0 Å². The van der Waals surface area contributed by atoms with Crippen molar-refractivity contribution in [1.29, 1.82) is 0 Å². The van der Waals surface area contributed by atoms with Crippen LogP contribution in [0.15, 0.2) is 34.9 Å². The van der Waals surface area contributed by atoms with E-state index in [1.54, 1.807) is 0 Å². The number of hydrogen-bond acceptors (Lipinski definition) is 2. The molecule has 0 radical (unpaired) electrons. The van der Waals surface area contributed by atoms with Crippen molar-refractivity contribution in [2.75, 3.05) is 13.1 Å². The maximum absolute atomic E-state index is 5.59. The van der Waals surface area contributed by atoms with Crippen LogP contribution in [0.1, 0.15) is 25.3 Å². The van der Waals surface area contributed by atoms with Crippen LogP contribution in [-0.2, 0) is 6.54 Å². The summed E-state index contributed by atoms with van der Waals surface area (Å²) in [7, 11) is 0. The molecule has 2 heteroatoms. The molecule has 1 aliphatic rings. The second-order valence-corrected chi connectivity index (χ2v) is 5.24. The Morgan fingerprint density at radius 2 is 2.24 bits per heavy atom. The van der Waals surface area contributed by atoms with E-state index in [0.717, 1.165) is 18.0 Å². The molecule has 0 amide bonds. The van der Waals surface area contributed by atoms with Gasteiger partial charge in [-0.15, -0.1) is 0 Å². The number of rotatable bonds is 2. The highest BCUT2D eigenvalue weighted by molar-refractivity contribution is 5.80. The zero-order valence-corrected chi connectivity index (χ0v) is 10.4. The summed E-state index contributed by atoms with van der Waals surface area (Å²) in [5.41, 5.74) is 2.34. The molecular formula is C15H19NO. The lowest BCUT2D eigenvalue weighted by atomic mass is 10.00. The van der Waals surface area contributed by atoms with Crippen molar-refractivity contribution in [1.82, 2.24) is 4.90 Å². The molecule has 1 fully saturated rings. The third kappa shape index (κ3) is 2.22. The van der Waals surface area contributed by atoms with Crippen LogP contribution in [0, 0.1) is 5.92 Å². The first-order chi connectivity index (χ1) is 8.33. The van der Waals surface area contributed by atoms with Crippen molar-refractivity contribution in [2.24, 2.45) is 5.92 Å². The topological polar surface area (TPSA) is 16.4 Å². The zero-order chi connectivity index (χ0) is 11.7. The maximum Gasteiger partial charge on any atom is 0.134 e. The van der Waals surface area contributed by atoms with Gasteiger partial charge in [-0.25, -0.2) is 0 Å². The SMILES string of the molecule is C[C@@H]1CCCN(Cc2coc3ccccc23)C1. The number of nitrogens with zero attached hydrogens (tertiary/aromatic N) is 1. The maximum atomic E-state index is 5.59. The molecule has 0 saturated carbocycles. The Labute approximate surface area is 102 Å². The van der Waals surface area contributed by atoms with Gasteiger partial charge < -0.3 is 4.42 Å². The predicted molar refractivity (Wildman–Crippen MR) is 69.9 cm³/mol. The summed E-state index contributed by atoms with van der Waals surface area (Å²) < 4.78 is 5.59. The fourth-order valence-corrected chi connectivity index (χ4v) is 2.83. The Kier molecular flexibility index (Phi) is 2.89. The average molecular weight is 229 g/mol. The second-order valence-electron chi connectivity index (χ2n) is 5.24. The standard InChI is InChI=1S/C15H19NO/c1-12-5-4-8-16(9-12)10-13-11-17-15-7-3-2-6-14(13)15/h2-3,6-7,11-12H,4-5,8-10H2,1H3/t12-/m1/s1. The minimum atomic E-state index is 0.835. The molecule has 1 aliphatic heterocycles. The zero-order valence-electron chi connectivity index (χ0n) is 10.4. The van der Waals surface area contributed by atoms with Crippen molar-refractivity contribution >= 4 is 11.0 Å². The molecule has 0 bridgehead atoms. The average Bonchev–Trinajstić information content (AvgIpc) is 2.73. The predicted octanol–water partition coefficient (Wildman–Crippen LogP) is 3.66. The lowest BCUT2D eigenvalue weighted by Gasteiger charge is -2.30. The van der Waals surface area contributed by atoms with Gasteiger partial charge in [-0.05, 0) is 31.4 Å². The minimum absolute atomic E-state index is 0.835. The lowest BCUT2D eigenvalue weighted by molar-refractivity contribution is 0.177. The number of para-hydroxylation sites is 1. The number of hydrogen-bond donors (Lipinski definition) is 0. The number of furan rings is 1. The van der Waals surface area contributed by atoms with Gasteiger partial charge in [-0.1, -0.05) is 25.1 Å². The number of fused-ring (bicyclic) bond motifs is 1. The Balaban J connectivity index is 1.80. The minimum Gasteiger partial charge on any atom is -0.464 e. The van der Waals surface area contributed by atoms with Gasteiger partial charge in [0.2, 0.25) is 0 Å². The third-order valence-electron chi connectivity index (χ3n) is 3.70. The molecule has 2 aromatic rings. The van der Waals surface area contributed by atoms with Gasteiger partial charge in [-0.2, -0.15) is 0 Å². The number of benzene rings is 1. The summed E-state index contributed by atoms with van der Waals surface area (Å²) in [4.78, 5) is 2.55. The van der Waals surface area contributed by atoms with E-state index < -0.39 is 0 Å². The molecule has 2 heterocycles. The fraction of sp³-hybridized carbons (Fsp3) is 0.467.